The first-order valence-electron chi connectivity index (χ1n) is 12.3. The molecule has 0 unspecified atom stereocenters. The number of rotatable bonds is 16. The Labute approximate surface area is 214 Å². The number of nitrogens with zero attached hydrogens (tertiary/aromatic N) is 3. The highest BCUT2D eigenvalue weighted by Gasteiger charge is 2.25. The molecule has 0 radical (unpaired) electrons. The average Bonchev–Trinajstić information content (AvgIpc) is 2.89. The lowest BCUT2D eigenvalue weighted by Crippen LogP contribution is -2.43. The molecule has 0 spiro atoms. The third-order valence-corrected chi connectivity index (χ3v) is 6.22. The van der Waals surface area contributed by atoms with E-state index < -0.39 is 35.0 Å². The fourth-order valence-electron chi connectivity index (χ4n) is 3.85. The molecule has 0 aromatic carbocycles. The number of hydrogen-bond acceptors (Lipinski definition) is 8. The maximum atomic E-state index is 13.1. The maximum Gasteiger partial charge on any atom is 0.284 e. The lowest BCUT2D eigenvalue weighted by molar-refractivity contribution is -0.136. The van der Waals surface area contributed by atoms with Crippen LogP contribution in [0.4, 0.5) is 0 Å². The number of Topliss-reactive ketones (excluding diaryl/α,β-unsaturated/α-hetero) is 3. The number of pyridine rings is 1. The monoisotopic (exact) mass is 511 g/mol. The van der Waals surface area contributed by atoms with Crippen molar-refractivity contribution in [2.45, 2.75) is 71.4 Å². The average molecular weight is 512 g/mol. The van der Waals surface area contributed by atoms with Crippen LogP contribution in [0, 0.1) is 5.92 Å². The number of ketones is 3. The predicted molar refractivity (Wildman–Crippen MR) is 134 cm³/mol. The molecule has 0 saturated carbocycles. The number of hydrogen-bond donors (Lipinski definition) is 2. The van der Waals surface area contributed by atoms with E-state index in [1.54, 1.807) is 6.07 Å². The molecule has 11 nitrogen and oxygen atoms in total. The van der Waals surface area contributed by atoms with E-state index >= 15 is 0 Å². The second-order valence-corrected chi connectivity index (χ2v) is 8.81. The van der Waals surface area contributed by atoms with Crippen LogP contribution in [0.3, 0.4) is 0 Å². The van der Waals surface area contributed by atoms with E-state index in [-0.39, 0.29) is 42.8 Å². The Balaban J connectivity index is 2.15. The summed E-state index contributed by atoms with van der Waals surface area (Å²) in [5.74, 6) is -2.90. The van der Waals surface area contributed by atoms with Gasteiger partial charge in [0.2, 0.25) is 5.78 Å². The van der Waals surface area contributed by atoms with Gasteiger partial charge in [0.15, 0.2) is 11.6 Å². The fraction of sp³-hybridized carbons (Fsp3) is 0.462. The van der Waals surface area contributed by atoms with Crippen molar-refractivity contribution in [2.75, 3.05) is 0 Å². The summed E-state index contributed by atoms with van der Waals surface area (Å²) in [7, 11) is 0. The molecule has 37 heavy (non-hydrogen) atoms. The summed E-state index contributed by atoms with van der Waals surface area (Å²) in [6, 6.07) is 1.86. The molecule has 0 fully saturated rings. The largest absolute Gasteiger partial charge is 0.363 e. The topological polar surface area (TPSA) is 171 Å². The zero-order valence-electron chi connectivity index (χ0n) is 21.1. The molecule has 11 heteroatoms. The Morgan fingerprint density at radius 1 is 1.05 bits per heavy atom. The number of primary amides is 1. The van der Waals surface area contributed by atoms with Crippen LogP contribution in [0.25, 0.3) is 0 Å². The van der Waals surface area contributed by atoms with Gasteiger partial charge in [0.25, 0.3) is 17.4 Å². The molecule has 0 bridgehead atoms. The number of nitrogens with two attached hydrogens (primary N) is 1. The van der Waals surface area contributed by atoms with Gasteiger partial charge in [-0.15, -0.1) is 0 Å². The zero-order chi connectivity index (χ0) is 27.4. The van der Waals surface area contributed by atoms with E-state index in [4.69, 9.17) is 5.73 Å². The Morgan fingerprint density at radius 3 is 2.41 bits per heavy atom. The first-order chi connectivity index (χ1) is 17.7. The van der Waals surface area contributed by atoms with Crippen molar-refractivity contribution in [2.24, 2.45) is 11.7 Å². The highest BCUT2D eigenvalue weighted by atomic mass is 16.2. The first-order valence-corrected chi connectivity index (χ1v) is 12.3. The van der Waals surface area contributed by atoms with E-state index in [2.05, 4.69) is 29.1 Å². The summed E-state index contributed by atoms with van der Waals surface area (Å²) in [6.07, 6.45) is 7.58. The third-order valence-electron chi connectivity index (χ3n) is 6.22. The van der Waals surface area contributed by atoms with Gasteiger partial charge in [-0.05, 0) is 24.8 Å². The van der Waals surface area contributed by atoms with Crippen LogP contribution < -0.4 is 16.6 Å². The van der Waals surface area contributed by atoms with Crippen LogP contribution in [-0.4, -0.2) is 49.7 Å². The molecule has 0 aliphatic heterocycles. The molecule has 2 amide bonds. The molecule has 1 atom stereocenters. The van der Waals surface area contributed by atoms with Crippen LogP contribution >= 0.6 is 0 Å². The lowest BCUT2D eigenvalue weighted by Gasteiger charge is -2.17. The van der Waals surface area contributed by atoms with Crippen LogP contribution in [0.15, 0.2) is 41.7 Å². The molecule has 2 aromatic heterocycles. The van der Waals surface area contributed by atoms with Gasteiger partial charge in [0.05, 0.1) is 18.8 Å². The molecule has 3 N–H and O–H groups in total. The first kappa shape index (κ1) is 29.2. The summed E-state index contributed by atoms with van der Waals surface area (Å²) < 4.78 is 1.27. The molecule has 198 valence electrons. The van der Waals surface area contributed by atoms with Crippen molar-refractivity contribution in [3.05, 3.63) is 58.5 Å². The van der Waals surface area contributed by atoms with E-state index in [1.165, 1.54) is 35.4 Å². The minimum atomic E-state index is -1.19. The third kappa shape index (κ3) is 9.17. The number of carbonyl (C=O) groups excluding carboxylic acids is 5. The summed E-state index contributed by atoms with van der Waals surface area (Å²) in [6.45, 7) is 4.06. The van der Waals surface area contributed by atoms with Crippen LogP contribution in [-0.2, 0) is 32.1 Å². The number of nitrogens with one attached hydrogen (secondary N) is 1. The molecule has 2 aromatic rings. The Morgan fingerprint density at radius 2 is 1.78 bits per heavy atom. The summed E-state index contributed by atoms with van der Waals surface area (Å²) >= 11 is 0. The van der Waals surface area contributed by atoms with E-state index in [0.717, 1.165) is 19.3 Å². The molecule has 0 aliphatic rings. The number of amides is 2. The van der Waals surface area contributed by atoms with E-state index in [0.29, 0.717) is 12.3 Å². The van der Waals surface area contributed by atoms with Gasteiger partial charge in [-0.25, -0.2) is 4.98 Å². The highest BCUT2D eigenvalue weighted by Crippen LogP contribution is 2.15. The second-order valence-electron chi connectivity index (χ2n) is 8.81. The van der Waals surface area contributed by atoms with Gasteiger partial charge in [-0.2, -0.15) is 0 Å². The van der Waals surface area contributed by atoms with Crippen molar-refractivity contribution in [1.29, 1.82) is 0 Å². The molecule has 0 saturated heterocycles. The van der Waals surface area contributed by atoms with Gasteiger partial charge in [0, 0.05) is 43.4 Å². The minimum absolute atomic E-state index is 0.0458. The predicted octanol–water partition coefficient (Wildman–Crippen LogP) is 1.17. The van der Waals surface area contributed by atoms with Gasteiger partial charge in [-0.3, -0.25) is 33.8 Å². The van der Waals surface area contributed by atoms with Crippen molar-refractivity contribution < 1.29 is 24.0 Å². The minimum Gasteiger partial charge on any atom is -0.363 e. The maximum absolute atomic E-state index is 13.1. The van der Waals surface area contributed by atoms with E-state index in [1.807, 2.05) is 0 Å². The fourth-order valence-corrected chi connectivity index (χ4v) is 3.85. The zero-order valence-corrected chi connectivity index (χ0v) is 21.1. The van der Waals surface area contributed by atoms with Gasteiger partial charge < -0.3 is 15.6 Å². The van der Waals surface area contributed by atoms with Crippen molar-refractivity contribution >= 4 is 29.2 Å². The van der Waals surface area contributed by atoms with Crippen LogP contribution in [0.1, 0.15) is 68.4 Å². The summed E-state index contributed by atoms with van der Waals surface area (Å²) in [5.41, 5.74) is 4.60. The molecule has 0 aliphatic carbocycles. The van der Waals surface area contributed by atoms with Crippen LogP contribution in [0.5, 0.6) is 0 Å². The second kappa shape index (κ2) is 14.5. The molecular formula is C26H33N5O6. The van der Waals surface area contributed by atoms with Crippen LogP contribution in [0.2, 0.25) is 0 Å². The quantitative estimate of drug-likeness (QED) is 0.316. The van der Waals surface area contributed by atoms with E-state index in [9.17, 15) is 28.8 Å². The molecule has 2 rings (SSSR count). The van der Waals surface area contributed by atoms with Gasteiger partial charge >= 0.3 is 0 Å². The SMILES string of the molecule is CCC(CC)CCC(=O)Cn1cccc(CC(=O)[C@H](CCC(=O)C(N)=O)NC(=O)c2cnccn2)c1=O. The molecule has 2 heterocycles. The molecular weight excluding hydrogens is 478 g/mol. The Hall–Kier alpha value is -4.02. The van der Waals surface area contributed by atoms with Gasteiger partial charge in [-0.1, -0.05) is 32.8 Å². The Kier molecular flexibility index (Phi) is 11.5. The smallest absolute Gasteiger partial charge is 0.284 e. The Bertz CT molecular complexity index is 1170. The number of carbonyl (C=O) groups is 5. The lowest BCUT2D eigenvalue weighted by atomic mass is 9.96. The number of aromatic nitrogens is 3. The van der Waals surface area contributed by atoms with Crippen molar-refractivity contribution in [3.8, 4) is 0 Å². The summed E-state index contributed by atoms with van der Waals surface area (Å²) in [5, 5.41) is 2.49. The van der Waals surface area contributed by atoms with Crippen molar-refractivity contribution in [3.63, 3.8) is 0 Å². The normalized spacial score (nSPS) is 11.6. The van der Waals surface area contributed by atoms with Crippen molar-refractivity contribution in [1.82, 2.24) is 19.9 Å². The standard InChI is InChI=1S/C26H33N5O6/c1-3-17(4-2)7-8-19(32)16-31-13-5-6-18(26(31)37)14-23(34)20(9-10-22(33)24(27)35)30-25(36)21-15-28-11-12-29-21/h5-6,11-13,15,17,20H,3-4,7-10,14,16H2,1-2H3,(H2,27,35)(H,30,36)/t20-/m0/s1. The highest BCUT2D eigenvalue weighted by molar-refractivity contribution is 6.35. The summed E-state index contributed by atoms with van der Waals surface area (Å²) in [4.78, 5) is 81.5. The van der Waals surface area contributed by atoms with Gasteiger partial charge in [0.1, 0.15) is 5.69 Å².